The van der Waals surface area contributed by atoms with Gasteiger partial charge in [-0.05, 0) is 66.1 Å². The topological polar surface area (TPSA) is 118 Å². The molecule has 39 heavy (non-hydrogen) atoms. The van der Waals surface area contributed by atoms with Crippen molar-refractivity contribution in [2.45, 2.75) is 13.3 Å². The number of fused-ring (bicyclic) bond motifs is 2. The van der Waals surface area contributed by atoms with Crippen LogP contribution in [0.3, 0.4) is 0 Å². The van der Waals surface area contributed by atoms with Crippen molar-refractivity contribution >= 4 is 34.5 Å². The third kappa shape index (κ3) is 4.17. The summed E-state index contributed by atoms with van der Waals surface area (Å²) in [5.41, 5.74) is 14.4. The molecule has 2 aliphatic rings. The quantitative estimate of drug-likeness (QED) is 0.303. The minimum atomic E-state index is -0.1000. The number of nitrogens with one attached hydrogen (secondary N) is 2. The van der Waals surface area contributed by atoms with Gasteiger partial charge in [0.2, 0.25) is 0 Å². The second kappa shape index (κ2) is 9.21. The van der Waals surface area contributed by atoms with Crippen LogP contribution in [0.2, 0.25) is 0 Å². The van der Waals surface area contributed by atoms with Gasteiger partial charge in [-0.25, -0.2) is 14.6 Å². The lowest BCUT2D eigenvalue weighted by atomic mass is 10.0. The summed E-state index contributed by atoms with van der Waals surface area (Å²) >= 11 is 0. The number of Topliss-reactive ketones (excluding diaryl/α,β-unsaturated/α-hetero) is 1. The molecule has 4 N–H and O–H groups in total. The number of aryl methyl sites for hydroxylation is 1. The highest BCUT2D eigenvalue weighted by molar-refractivity contribution is 6.15. The summed E-state index contributed by atoms with van der Waals surface area (Å²) in [6.07, 6.45) is 6.03. The number of H-pyrrole nitrogens is 1. The predicted octanol–water partition coefficient (Wildman–Crippen LogP) is 3.93. The van der Waals surface area contributed by atoms with Crippen molar-refractivity contribution in [3.05, 3.63) is 89.0 Å². The summed E-state index contributed by atoms with van der Waals surface area (Å²) in [7, 11) is 0. The number of rotatable bonds is 5. The number of carbonyl (C=O) groups is 1. The number of anilines is 2. The van der Waals surface area contributed by atoms with Crippen LogP contribution in [0.15, 0.2) is 66.5 Å². The summed E-state index contributed by atoms with van der Waals surface area (Å²) in [5, 5.41) is 7.80. The third-order valence-corrected chi connectivity index (χ3v) is 7.55. The Morgan fingerprint density at radius 3 is 2.67 bits per heavy atom. The van der Waals surface area contributed by atoms with Crippen LogP contribution in [0, 0.1) is 6.92 Å². The Labute approximate surface area is 225 Å². The number of aromatic nitrogens is 5. The monoisotopic (exact) mass is 516 g/mol. The van der Waals surface area contributed by atoms with Gasteiger partial charge in [-0.1, -0.05) is 12.1 Å². The fourth-order valence-electron chi connectivity index (χ4n) is 5.47. The SMILES string of the molecule is Cc1nc2ccc(-n3ncc(C(=O)C4=Cc5cc(-c6ccc(N7CCNCC7)nc6)ccc5C4)c3N)cc2[nH]1. The first kappa shape index (κ1) is 23.4. The maximum Gasteiger partial charge on any atom is 0.194 e. The number of benzene rings is 2. The van der Waals surface area contributed by atoms with Gasteiger partial charge >= 0.3 is 0 Å². The Kier molecular flexibility index (Phi) is 5.52. The number of piperazine rings is 1. The maximum atomic E-state index is 13.5. The number of ketones is 1. The zero-order chi connectivity index (χ0) is 26.5. The van der Waals surface area contributed by atoms with E-state index in [2.05, 4.69) is 55.6 Å². The number of hydrogen-bond acceptors (Lipinski definition) is 7. The molecule has 0 spiro atoms. The molecule has 0 unspecified atom stereocenters. The van der Waals surface area contributed by atoms with Crippen LogP contribution in [-0.2, 0) is 6.42 Å². The van der Waals surface area contributed by atoms with Crippen molar-refractivity contribution < 1.29 is 4.79 Å². The molecule has 1 saturated heterocycles. The lowest BCUT2D eigenvalue weighted by Gasteiger charge is -2.28. The number of hydrogen-bond donors (Lipinski definition) is 3. The molecule has 1 aliphatic carbocycles. The summed E-state index contributed by atoms with van der Waals surface area (Å²) in [6.45, 7) is 5.81. The highest BCUT2D eigenvalue weighted by Crippen LogP contribution is 2.33. The summed E-state index contributed by atoms with van der Waals surface area (Å²) < 4.78 is 1.60. The van der Waals surface area contributed by atoms with Crippen molar-refractivity contribution in [2.75, 3.05) is 36.8 Å². The molecule has 0 radical (unpaired) electrons. The Morgan fingerprint density at radius 1 is 1.00 bits per heavy atom. The fraction of sp³-hybridized carbons (Fsp3) is 0.200. The lowest BCUT2D eigenvalue weighted by Crippen LogP contribution is -2.43. The molecule has 7 rings (SSSR count). The number of allylic oxidation sites excluding steroid dienone is 1. The maximum absolute atomic E-state index is 13.5. The first-order valence-corrected chi connectivity index (χ1v) is 13.1. The van der Waals surface area contributed by atoms with Crippen LogP contribution >= 0.6 is 0 Å². The number of pyridine rings is 1. The highest BCUT2D eigenvalue weighted by Gasteiger charge is 2.24. The van der Waals surface area contributed by atoms with Crippen molar-refractivity contribution in [1.82, 2.24) is 30.0 Å². The molecule has 0 atom stereocenters. The highest BCUT2D eigenvalue weighted by atomic mass is 16.1. The van der Waals surface area contributed by atoms with E-state index < -0.39 is 0 Å². The zero-order valence-corrected chi connectivity index (χ0v) is 21.6. The van der Waals surface area contributed by atoms with Gasteiger partial charge in [0.15, 0.2) is 5.78 Å². The van der Waals surface area contributed by atoms with E-state index in [0.717, 1.165) is 76.8 Å². The average Bonchev–Trinajstić information content (AvgIpc) is 3.68. The molecule has 9 nitrogen and oxygen atoms in total. The molecule has 3 aromatic heterocycles. The predicted molar refractivity (Wildman–Crippen MR) is 153 cm³/mol. The summed E-state index contributed by atoms with van der Waals surface area (Å²) in [6, 6.07) is 16.3. The van der Waals surface area contributed by atoms with E-state index in [0.29, 0.717) is 23.4 Å². The van der Waals surface area contributed by atoms with Crippen LogP contribution in [0.25, 0.3) is 33.9 Å². The van der Waals surface area contributed by atoms with Crippen LogP contribution in [-0.4, -0.2) is 56.7 Å². The van der Waals surface area contributed by atoms with E-state index in [1.165, 1.54) is 0 Å². The number of carbonyl (C=O) groups excluding carboxylic acids is 1. The number of imidazole rings is 1. The Morgan fingerprint density at radius 2 is 1.85 bits per heavy atom. The van der Waals surface area contributed by atoms with Gasteiger partial charge in [-0.2, -0.15) is 5.10 Å². The molecule has 194 valence electrons. The first-order chi connectivity index (χ1) is 19.0. The fourth-order valence-corrected chi connectivity index (χ4v) is 5.47. The minimum absolute atomic E-state index is 0.1000. The smallest absolute Gasteiger partial charge is 0.194 e. The molecule has 5 aromatic rings. The van der Waals surface area contributed by atoms with Gasteiger partial charge in [0.25, 0.3) is 0 Å². The first-order valence-electron chi connectivity index (χ1n) is 13.1. The van der Waals surface area contributed by atoms with Gasteiger partial charge < -0.3 is 20.9 Å². The van der Waals surface area contributed by atoms with Gasteiger partial charge in [0, 0.05) is 49.9 Å². The van der Waals surface area contributed by atoms with Crippen LogP contribution in [0.5, 0.6) is 0 Å². The van der Waals surface area contributed by atoms with Gasteiger partial charge in [-0.15, -0.1) is 0 Å². The van der Waals surface area contributed by atoms with Gasteiger partial charge in [0.1, 0.15) is 17.5 Å². The van der Waals surface area contributed by atoms with E-state index >= 15 is 0 Å². The van der Waals surface area contributed by atoms with Gasteiger partial charge in [-0.3, -0.25) is 4.79 Å². The lowest BCUT2D eigenvalue weighted by molar-refractivity contribution is 0.103. The molecule has 0 saturated carbocycles. The third-order valence-electron chi connectivity index (χ3n) is 7.55. The molecular weight excluding hydrogens is 488 g/mol. The van der Waals surface area contributed by atoms with Crippen molar-refractivity contribution in [1.29, 1.82) is 0 Å². The molecule has 9 heteroatoms. The van der Waals surface area contributed by atoms with Crippen LogP contribution < -0.4 is 16.0 Å². The number of nitrogen functional groups attached to an aromatic ring is 1. The Bertz CT molecular complexity index is 1760. The minimum Gasteiger partial charge on any atom is -0.383 e. The van der Waals surface area contributed by atoms with E-state index in [9.17, 15) is 4.79 Å². The molecule has 1 fully saturated rings. The molecule has 1 aliphatic heterocycles. The molecule has 0 bridgehead atoms. The summed E-state index contributed by atoms with van der Waals surface area (Å²) in [5.74, 6) is 2.07. The van der Waals surface area contributed by atoms with E-state index in [-0.39, 0.29) is 5.78 Å². The number of nitrogens with two attached hydrogens (primary N) is 1. The van der Waals surface area contributed by atoms with E-state index in [1.54, 1.807) is 10.9 Å². The van der Waals surface area contributed by atoms with Crippen molar-refractivity contribution in [3.63, 3.8) is 0 Å². The Hall–Kier alpha value is -4.76. The zero-order valence-electron chi connectivity index (χ0n) is 21.6. The molecule has 4 heterocycles. The number of nitrogens with zero attached hydrogens (tertiary/aromatic N) is 5. The normalized spacial score (nSPS) is 15.0. The van der Waals surface area contributed by atoms with E-state index in [4.69, 9.17) is 10.7 Å². The average molecular weight is 517 g/mol. The van der Waals surface area contributed by atoms with Crippen molar-refractivity contribution in [2.24, 2.45) is 0 Å². The van der Waals surface area contributed by atoms with E-state index in [1.807, 2.05) is 37.4 Å². The van der Waals surface area contributed by atoms with Gasteiger partial charge in [0.05, 0.1) is 28.5 Å². The molecule has 0 amide bonds. The van der Waals surface area contributed by atoms with Crippen LogP contribution in [0.1, 0.15) is 27.3 Å². The molecule has 2 aromatic carbocycles. The van der Waals surface area contributed by atoms with Crippen molar-refractivity contribution in [3.8, 4) is 16.8 Å². The largest absolute Gasteiger partial charge is 0.383 e. The van der Waals surface area contributed by atoms with Crippen LogP contribution in [0.4, 0.5) is 11.6 Å². The second-order valence-electron chi connectivity index (χ2n) is 10.1. The standard InChI is InChI=1S/C30H28N8O/c1-18-35-26-6-5-24(15-27(26)36-18)38-30(31)25(17-34-38)29(39)23-13-20-3-2-19(12-22(20)14-23)21-4-7-28(33-16-21)37-10-8-32-9-11-37/h2-7,12,14-17,32H,8-11,13,31H2,1H3,(H,35,36). The second-order valence-corrected chi connectivity index (χ2v) is 10.1. The summed E-state index contributed by atoms with van der Waals surface area (Å²) in [4.78, 5) is 28.2. The molecular formula is C30H28N8O. The Balaban J connectivity index is 1.12. The number of aromatic amines is 1.